The number of hydrogen-bond acceptors (Lipinski definition) is 1. The maximum absolute atomic E-state index is 12.2. The van der Waals surface area contributed by atoms with Crippen LogP contribution in [0, 0.1) is 11.8 Å². The fourth-order valence-electron chi connectivity index (χ4n) is 3.42. The SMILES string of the molecule is CC1CCC(c2ccc(C(=O)C3CCC3)cc2)CC1. The summed E-state index contributed by atoms with van der Waals surface area (Å²) in [5.41, 5.74) is 2.37. The summed E-state index contributed by atoms with van der Waals surface area (Å²) >= 11 is 0. The molecule has 0 radical (unpaired) electrons. The van der Waals surface area contributed by atoms with E-state index < -0.39 is 0 Å². The second kappa shape index (κ2) is 5.48. The van der Waals surface area contributed by atoms with Gasteiger partial charge in [-0.3, -0.25) is 4.79 Å². The zero-order valence-electron chi connectivity index (χ0n) is 11.9. The molecule has 0 N–H and O–H groups in total. The first-order valence-corrected chi connectivity index (χ1v) is 7.88. The molecule has 19 heavy (non-hydrogen) atoms. The molecule has 1 heteroatoms. The predicted molar refractivity (Wildman–Crippen MR) is 78.5 cm³/mol. The highest BCUT2D eigenvalue weighted by Crippen LogP contribution is 2.36. The van der Waals surface area contributed by atoms with Crippen LogP contribution in [-0.2, 0) is 0 Å². The molecule has 0 unspecified atom stereocenters. The Morgan fingerprint density at radius 3 is 2.11 bits per heavy atom. The molecule has 0 aliphatic heterocycles. The molecule has 2 aliphatic rings. The first kappa shape index (κ1) is 12.9. The quantitative estimate of drug-likeness (QED) is 0.698. The second-order valence-electron chi connectivity index (χ2n) is 6.57. The van der Waals surface area contributed by atoms with E-state index in [0.717, 1.165) is 30.2 Å². The number of benzene rings is 1. The molecule has 0 saturated heterocycles. The van der Waals surface area contributed by atoms with Crippen LogP contribution in [0.15, 0.2) is 24.3 Å². The zero-order chi connectivity index (χ0) is 13.2. The molecule has 3 rings (SSSR count). The molecule has 0 amide bonds. The van der Waals surface area contributed by atoms with Gasteiger partial charge in [-0.2, -0.15) is 0 Å². The van der Waals surface area contributed by atoms with Crippen molar-refractivity contribution in [2.75, 3.05) is 0 Å². The third-order valence-electron chi connectivity index (χ3n) is 5.16. The lowest BCUT2D eigenvalue weighted by Gasteiger charge is -2.27. The number of carbonyl (C=O) groups is 1. The van der Waals surface area contributed by atoms with Gasteiger partial charge in [0.15, 0.2) is 5.78 Å². The number of rotatable bonds is 3. The van der Waals surface area contributed by atoms with Crippen LogP contribution in [0.25, 0.3) is 0 Å². The van der Waals surface area contributed by atoms with E-state index in [2.05, 4.69) is 31.2 Å². The Labute approximate surface area is 116 Å². The molecule has 2 aliphatic carbocycles. The maximum Gasteiger partial charge on any atom is 0.165 e. The number of hydrogen-bond donors (Lipinski definition) is 0. The molecule has 0 atom stereocenters. The summed E-state index contributed by atoms with van der Waals surface area (Å²) in [5, 5.41) is 0. The summed E-state index contributed by atoms with van der Waals surface area (Å²) < 4.78 is 0. The number of Topliss-reactive ketones (excluding diaryl/α,β-unsaturated/α-hetero) is 1. The molecule has 102 valence electrons. The highest BCUT2D eigenvalue weighted by molar-refractivity contribution is 5.98. The van der Waals surface area contributed by atoms with E-state index in [1.807, 2.05) is 0 Å². The fraction of sp³-hybridized carbons (Fsp3) is 0.611. The van der Waals surface area contributed by atoms with Crippen LogP contribution in [-0.4, -0.2) is 5.78 Å². The molecule has 0 heterocycles. The van der Waals surface area contributed by atoms with Gasteiger partial charge in [0.25, 0.3) is 0 Å². The van der Waals surface area contributed by atoms with E-state index in [1.54, 1.807) is 0 Å². The van der Waals surface area contributed by atoms with Crippen LogP contribution in [0.4, 0.5) is 0 Å². The highest BCUT2D eigenvalue weighted by atomic mass is 16.1. The van der Waals surface area contributed by atoms with Gasteiger partial charge in [-0.25, -0.2) is 0 Å². The van der Waals surface area contributed by atoms with E-state index in [-0.39, 0.29) is 0 Å². The molecular weight excluding hydrogens is 232 g/mol. The Hall–Kier alpha value is -1.11. The minimum Gasteiger partial charge on any atom is -0.294 e. The monoisotopic (exact) mass is 256 g/mol. The Balaban J connectivity index is 1.66. The molecule has 0 spiro atoms. The van der Waals surface area contributed by atoms with Crippen molar-refractivity contribution in [1.29, 1.82) is 0 Å². The lowest BCUT2D eigenvalue weighted by Crippen LogP contribution is -2.21. The number of carbonyl (C=O) groups excluding carboxylic acids is 1. The van der Waals surface area contributed by atoms with Crippen molar-refractivity contribution in [3.8, 4) is 0 Å². The molecular formula is C18H24O. The van der Waals surface area contributed by atoms with Gasteiger partial charge in [-0.05, 0) is 43.1 Å². The van der Waals surface area contributed by atoms with Gasteiger partial charge in [0, 0.05) is 11.5 Å². The average molecular weight is 256 g/mol. The van der Waals surface area contributed by atoms with E-state index in [0.29, 0.717) is 11.7 Å². The van der Waals surface area contributed by atoms with E-state index in [4.69, 9.17) is 0 Å². The topological polar surface area (TPSA) is 17.1 Å². The fourth-order valence-corrected chi connectivity index (χ4v) is 3.42. The summed E-state index contributed by atoms with van der Waals surface area (Å²) in [6.45, 7) is 2.36. The van der Waals surface area contributed by atoms with Crippen molar-refractivity contribution >= 4 is 5.78 Å². The molecule has 1 nitrogen and oxygen atoms in total. The van der Waals surface area contributed by atoms with Crippen molar-refractivity contribution < 1.29 is 4.79 Å². The largest absolute Gasteiger partial charge is 0.294 e. The van der Waals surface area contributed by atoms with E-state index in [1.165, 1.54) is 37.7 Å². The van der Waals surface area contributed by atoms with Crippen molar-refractivity contribution in [3.05, 3.63) is 35.4 Å². The van der Waals surface area contributed by atoms with E-state index >= 15 is 0 Å². The Kier molecular flexibility index (Phi) is 3.72. The molecule has 1 aromatic carbocycles. The van der Waals surface area contributed by atoms with Crippen LogP contribution in [0.1, 0.15) is 73.7 Å². The predicted octanol–water partition coefficient (Wildman–Crippen LogP) is 4.96. The first-order chi connectivity index (χ1) is 9.24. The third-order valence-corrected chi connectivity index (χ3v) is 5.16. The lowest BCUT2D eigenvalue weighted by atomic mass is 9.78. The molecule has 0 aromatic heterocycles. The summed E-state index contributed by atoms with van der Waals surface area (Å²) in [5.74, 6) is 2.32. The summed E-state index contributed by atoms with van der Waals surface area (Å²) in [6.07, 6.45) is 8.77. The highest BCUT2D eigenvalue weighted by Gasteiger charge is 2.26. The smallest absolute Gasteiger partial charge is 0.165 e. The molecule has 2 saturated carbocycles. The second-order valence-corrected chi connectivity index (χ2v) is 6.57. The van der Waals surface area contributed by atoms with E-state index in [9.17, 15) is 4.79 Å². The minimum absolute atomic E-state index is 0.321. The van der Waals surface area contributed by atoms with Gasteiger partial charge in [-0.15, -0.1) is 0 Å². The van der Waals surface area contributed by atoms with Crippen molar-refractivity contribution in [3.63, 3.8) is 0 Å². The van der Waals surface area contributed by atoms with Gasteiger partial charge in [0.2, 0.25) is 0 Å². The lowest BCUT2D eigenvalue weighted by molar-refractivity contribution is 0.0855. The van der Waals surface area contributed by atoms with Crippen LogP contribution < -0.4 is 0 Å². The van der Waals surface area contributed by atoms with Gasteiger partial charge >= 0.3 is 0 Å². The first-order valence-electron chi connectivity index (χ1n) is 7.88. The Bertz CT molecular complexity index is 433. The van der Waals surface area contributed by atoms with Gasteiger partial charge in [-0.1, -0.05) is 50.5 Å². The van der Waals surface area contributed by atoms with Crippen LogP contribution >= 0.6 is 0 Å². The Morgan fingerprint density at radius 1 is 0.947 bits per heavy atom. The van der Waals surface area contributed by atoms with Crippen molar-refractivity contribution in [2.45, 2.75) is 57.8 Å². The van der Waals surface area contributed by atoms with Gasteiger partial charge in [0.05, 0.1) is 0 Å². The Morgan fingerprint density at radius 2 is 1.58 bits per heavy atom. The molecule has 2 fully saturated rings. The normalized spacial score (nSPS) is 27.8. The number of ketones is 1. The average Bonchev–Trinajstić information content (AvgIpc) is 2.38. The van der Waals surface area contributed by atoms with Gasteiger partial charge in [0.1, 0.15) is 0 Å². The van der Waals surface area contributed by atoms with Crippen molar-refractivity contribution in [1.82, 2.24) is 0 Å². The summed E-state index contributed by atoms with van der Waals surface area (Å²) in [4.78, 5) is 12.2. The molecule has 0 bridgehead atoms. The minimum atomic E-state index is 0.321. The summed E-state index contributed by atoms with van der Waals surface area (Å²) in [6, 6.07) is 8.53. The third kappa shape index (κ3) is 2.75. The van der Waals surface area contributed by atoms with Crippen LogP contribution in [0.3, 0.4) is 0 Å². The standard InChI is InChI=1S/C18H24O/c1-13-5-7-14(8-6-13)15-9-11-17(12-10-15)18(19)16-3-2-4-16/h9-14,16H,2-8H2,1H3. The zero-order valence-corrected chi connectivity index (χ0v) is 11.9. The summed E-state index contributed by atoms with van der Waals surface area (Å²) in [7, 11) is 0. The molecule has 1 aromatic rings. The van der Waals surface area contributed by atoms with Gasteiger partial charge < -0.3 is 0 Å². The van der Waals surface area contributed by atoms with Crippen LogP contribution in [0.5, 0.6) is 0 Å². The maximum atomic E-state index is 12.2. The van der Waals surface area contributed by atoms with Crippen molar-refractivity contribution in [2.24, 2.45) is 11.8 Å². The van der Waals surface area contributed by atoms with Crippen LogP contribution in [0.2, 0.25) is 0 Å².